The van der Waals surface area contributed by atoms with Gasteiger partial charge in [0.1, 0.15) is 0 Å². The van der Waals surface area contributed by atoms with Crippen LogP contribution in [0.2, 0.25) is 5.02 Å². The Balaban J connectivity index is 1.93. The number of aliphatic hydroxyl groups is 1. The average Bonchev–Trinajstić information content (AvgIpc) is 2.36. The number of benzene rings is 1. The van der Waals surface area contributed by atoms with Crippen LogP contribution < -0.4 is 5.32 Å². The molecule has 1 fully saturated rings. The lowest BCUT2D eigenvalue weighted by Crippen LogP contribution is -2.45. The molecule has 1 aliphatic rings. The molecular weight excluding hydrogens is 262 g/mol. The van der Waals surface area contributed by atoms with E-state index in [1.807, 2.05) is 0 Å². The molecule has 2 atom stereocenters. The van der Waals surface area contributed by atoms with Gasteiger partial charge in [0.25, 0.3) is 5.91 Å². The van der Waals surface area contributed by atoms with Crippen LogP contribution in [0.15, 0.2) is 24.3 Å². The molecule has 0 aliphatic heterocycles. The van der Waals surface area contributed by atoms with Crippen LogP contribution in [-0.4, -0.2) is 23.2 Å². The quantitative estimate of drug-likeness (QED) is 0.895. The summed E-state index contributed by atoms with van der Waals surface area (Å²) in [6.45, 7) is 2.45. The number of nitrogens with one attached hydrogen (secondary N) is 1. The second-order valence-corrected chi connectivity index (χ2v) is 6.06. The molecule has 0 heterocycles. The van der Waals surface area contributed by atoms with Crippen LogP contribution in [-0.2, 0) is 0 Å². The van der Waals surface area contributed by atoms with Crippen molar-refractivity contribution in [3.63, 3.8) is 0 Å². The number of hydrogen-bond donors (Lipinski definition) is 2. The maximum atomic E-state index is 12.0. The van der Waals surface area contributed by atoms with Crippen LogP contribution in [0, 0.1) is 5.92 Å². The predicted octanol–water partition coefficient (Wildman–Crippen LogP) is 3.01. The Kier molecular flexibility index (Phi) is 4.48. The van der Waals surface area contributed by atoms with E-state index in [1.165, 1.54) is 0 Å². The van der Waals surface area contributed by atoms with E-state index in [-0.39, 0.29) is 5.91 Å². The van der Waals surface area contributed by atoms with Gasteiger partial charge in [0, 0.05) is 17.1 Å². The normalized spacial score (nSPS) is 27.0. The molecule has 1 aliphatic carbocycles. The molecule has 0 bridgehead atoms. The smallest absolute Gasteiger partial charge is 0.251 e. The number of amides is 1. The highest BCUT2D eigenvalue weighted by Gasteiger charge is 2.32. The van der Waals surface area contributed by atoms with Crippen molar-refractivity contribution in [1.29, 1.82) is 0 Å². The largest absolute Gasteiger partial charge is 0.388 e. The first kappa shape index (κ1) is 14.4. The molecule has 1 amide bonds. The van der Waals surface area contributed by atoms with Crippen LogP contribution in [0.25, 0.3) is 0 Å². The molecule has 0 radical (unpaired) electrons. The first-order valence-electron chi connectivity index (χ1n) is 6.75. The number of hydrogen-bond acceptors (Lipinski definition) is 2. The SMILES string of the molecule is CC1CCCC(O)(CNC(=O)c2cccc(Cl)c2)C1. The lowest BCUT2D eigenvalue weighted by molar-refractivity contribution is -0.0109. The summed E-state index contributed by atoms with van der Waals surface area (Å²) in [7, 11) is 0. The molecule has 4 heteroatoms. The van der Waals surface area contributed by atoms with E-state index in [1.54, 1.807) is 24.3 Å². The molecule has 2 rings (SSSR count). The Labute approximate surface area is 119 Å². The van der Waals surface area contributed by atoms with Crippen LogP contribution in [0.3, 0.4) is 0 Å². The van der Waals surface area contributed by atoms with Crippen molar-refractivity contribution in [3.8, 4) is 0 Å². The van der Waals surface area contributed by atoms with E-state index in [2.05, 4.69) is 12.2 Å². The van der Waals surface area contributed by atoms with Gasteiger partial charge in [0.05, 0.1) is 5.60 Å². The van der Waals surface area contributed by atoms with Crippen molar-refractivity contribution in [2.75, 3.05) is 6.54 Å². The highest BCUT2D eigenvalue weighted by Crippen LogP contribution is 2.31. The summed E-state index contributed by atoms with van der Waals surface area (Å²) in [6, 6.07) is 6.82. The summed E-state index contributed by atoms with van der Waals surface area (Å²) in [5.41, 5.74) is -0.230. The highest BCUT2D eigenvalue weighted by molar-refractivity contribution is 6.30. The van der Waals surface area contributed by atoms with E-state index >= 15 is 0 Å². The molecule has 1 aromatic rings. The lowest BCUT2D eigenvalue weighted by atomic mass is 9.79. The third-order valence-corrected chi connectivity index (χ3v) is 3.97. The summed E-state index contributed by atoms with van der Waals surface area (Å²) < 4.78 is 0. The molecule has 2 N–H and O–H groups in total. The number of halogens is 1. The van der Waals surface area contributed by atoms with Crippen LogP contribution >= 0.6 is 11.6 Å². The second-order valence-electron chi connectivity index (χ2n) is 5.62. The zero-order chi connectivity index (χ0) is 13.9. The van der Waals surface area contributed by atoms with Gasteiger partial charge in [-0.15, -0.1) is 0 Å². The standard InChI is InChI=1S/C15H20ClNO2/c1-11-4-3-7-15(19,9-11)10-17-14(18)12-5-2-6-13(16)8-12/h2,5-6,8,11,19H,3-4,7,9-10H2,1H3,(H,17,18). The van der Waals surface area contributed by atoms with Gasteiger partial charge < -0.3 is 10.4 Å². The fraction of sp³-hybridized carbons (Fsp3) is 0.533. The molecule has 0 saturated heterocycles. The first-order valence-corrected chi connectivity index (χ1v) is 7.12. The minimum absolute atomic E-state index is 0.186. The fourth-order valence-electron chi connectivity index (χ4n) is 2.77. The van der Waals surface area contributed by atoms with Gasteiger partial charge in [-0.1, -0.05) is 37.4 Å². The monoisotopic (exact) mass is 281 g/mol. The average molecular weight is 282 g/mol. The van der Waals surface area contributed by atoms with E-state index < -0.39 is 5.60 Å². The van der Waals surface area contributed by atoms with Crippen LogP contribution in [0.1, 0.15) is 43.0 Å². The zero-order valence-electron chi connectivity index (χ0n) is 11.2. The minimum Gasteiger partial charge on any atom is -0.388 e. The van der Waals surface area contributed by atoms with E-state index in [4.69, 9.17) is 11.6 Å². The van der Waals surface area contributed by atoms with Crippen molar-refractivity contribution in [2.24, 2.45) is 5.92 Å². The summed E-state index contributed by atoms with van der Waals surface area (Å²) in [4.78, 5) is 12.0. The van der Waals surface area contributed by atoms with Gasteiger partial charge in [-0.25, -0.2) is 0 Å². The van der Waals surface area contributed by atoms with Gasteiger partial charge >= 0.3 is 0 Å². The second kappa shape index (κ2) is 5.93. The Morgan fingerprint density at radius 2 is 2.37 bits per heavy atom. The number of carbonyl (C=O) groups excluding carboxylic acids is 1. The summed E-state index contributed by atoms with van der Waals surface area (Å²) in [5.74, 6) is 0.330. The van der Waals surface area contributed by atoms with E-state index in [0.717, 1.165) is 25.7 Å². The molecule has 3 nitrogen and oxygen atoms in total. The van der Waals surface area contributed by atoms with Gasteiger partial charge in [0.15, 0.2) is 0 Å². The first-order chi connectivity index (χ1) is 8.98. The molecule has 19 heavy (non-hydrogen) atoms. The zero-order valence-corrected chi connectivity index (χ0v) is 11.9. The Hall–Kier alpha value is -1.06. The molecule has 1 aromatic carbocycles. The van der Waals surface area contributed by atoms with Crippen molar-refractivity contribution < 1.29 is 9.90 Å². The molecule has 1 saturated carbocycles. The predicted molar refractivity (Wildman–Crippen MR) is 76.4 cm³/mol. The molecule has 0 aromatic heterocycles. The van der Waals surface area contributed by atoms with Gasteiger partial charge in [-0.3, -0.25) is 4.79 Å². The summed E-state index contributed by atoms with van der Waals surface area (Å²) in [6.07, 6.45) is 3.69. The highest BCUT2D eigenvalue weighted by atomic mass is 35.5. The summed E-state index contributed by atoms with van der Waals surface area (Å²) >= 11 is 5.85. The van der Waals surface area contributed by atoms with E-state index in [9.17, 15) is 9.90 Å². The molecule has 2 unspecified atom stereocenters. The number of rotatable bonds is 3. The van der Waals surface area contributed by atoms with Gasteiger partial charge in [-0.2, -0.15) is 0 Å². The maximum absolute atomic E-state index is 12.0. The topological polar surface area (TPSA) is 49.3 Å². The third-order valence-electron chi connectivity index (χ3n) is 3.73. The fourth-order valence-corrected chi connectivity index (χ4v) is 2.96. The van der Waals surface area contributed by atoms with Crippen LogP contribution in [0.5, 0.6) is 0 Å². The van der Waals surface area contributed by atoms with Crippen molar-refractivity contribution in [1.82, 2.24) is 5.32 Å². The van der Waals surface area contributed by atoms with Gasteiger partial charge in [-0.05, 0) is 37.0 Å². The van der Waals surface area contributed by atoms with Gasteiger partial charge in [0.2, 0.25) is 0 Å². The number of carbonyl (C=O) groups is 1. The Bertz CT molecular complexity index is 463. The molecule has 104 valence electrons. The maximum Gasteiger partial charge on any atom is 0.251 e. The Morgan fingerprint density at radius 1 is 1.58 bits per heavy atom. The third kappa shape index (κ3) is 3.95. The molecule has 0 spiro atoms. The Morgan fingerprint density at radius 3 is 3.05 bits per heavy atom. The van der Waals surface area contributed by atoms with Crippen molar-refractivity contribution >= 4 is 17.5 Å². The summed E-state index contributed by atoms with van der Waals surface area (Å²) in [5, 5.41) is 13.8. The molecular formula is C15H20ClNO2. The van der Waals surface area contributed by atoms with Crippen molar-refractivity contribution in [3.05, 3.63) is 34.9 Å². The minimum atomic E-state index is -0.758. The van der Waals surface area contributed by atoms with E-state index in [0.29, 0.717) is 23.0 Å². The lowest BCUT2D eigenvalue weighted by Gasteiger charge is -2.35. The van der Waals surface area contributed by atoms with Crippen molar-refractivity contribution in [2.45, 2.75) is 38.2 Å². The van der Waals surface area contributed by atoms with Crippen LogP contribution in [0.4, 0.5) is 0 Å².